The van der Waals surface area contributed by atoms with Crippen LogP contribution in [0.5, 0.6) is 0 Å². The fraction of sp³-hybridized carbons (Fsp3) is 0.632. The van der Waals surface area contributed by atoms with Crippen LogP contribution in [0, 0.1) is 6.92 Å². The molecule has 0 spiro atoms. The third-order valence-electron chi connectivity index (χ3n) is 5.52. The molecule has 0 atom stereocenters. The first-order valence-electron chi connectivity index (χ1n) is 9.54. The van der Waals surface area contributed by atoms with Gasteiger partial charge in [0.05, 0.1) is 4.90 Å². The minimum absolute atomic E-state index is 0. The summed E-state index contributed by atoms with van der Waals surface area (Å²) in [7, 11) is -3.62. The van der Waals surface area contributed by atoms with E-state index in [-0.39, 0.29) is 41.3 Å². The van der Waals surface area contributed by atoms with Crippen LogP contribution < -0.4 is 15.8 Å². The predicted molar refractivity (Wildman–Crippen MR) is 109 cm³/mol. The minimum Gasteiger partial charge on any atom is -0.349 e. The van der Waals surface area contributed by atoms with Crippen LogP contribution in [0.15, 0.2) is 23.1 Å². The number of sulfonamides is 1. The summed E-state index contributed by atoms with van der Waals surface area (Å²) in [5.41, 5.74) is 6.94. The molecule has 2 aliphatic carbocycles. The highest BCUT2D eigenvalue weighted by Crippen LogP contribution is 2.23. The van der Waals surface area contributed by atoms with E-state index < -0.39 is 10.0 Å². The molecule has 0 saturated heterocycles. The smallest absolute Gasteiger partial charge is 0.251 e. The third kappa shape index (κ3) is 5.67. The molecule has 0 radical (unpaired) electrons. The Morgan fingerprint density at radius 3 is 2.30 bits per heavy atom. The van der Waals surface area contributed by atoms with Gasteiger partial charge in [0.2, 0.25) is 10.0 Å². The van der Waals surface area contributed by atoms with Gasteiger partial charge in [0, 0.05) is 23.7 Å². The normalized spacial score (nSPS) is 23.6. The van der Waals surface area contributed by atoms with Crippen molar-refractivity contribution in [2.75, 3.05) is 0 Å². The van der Waals surface area contributed by atoms with Crippen molar-refractivity contribution in [3.63, 3.8) is 0 Å². The zero-order valence-electron chi connectivity index (χ0n) is 15.7. The second-order valence-electron chi connectivity index (χ2n) is 7.67. The Hall–Kier alpha value is -1.15. The van der Waals surface area contributed by atoms with Crippen LogP contribution in [0.2, 0.25) is 0 Å². The number of rotatable bonds is 5. The molecule has 2 saturated carbocycles. The van der Waals surface area contributed by atoms with E-state index in [2.05, 4.69) is 10.0 Å². The fourth-order valence-electron chi connectivity index (χ4n) is 3.89. The van der Waals surface area contributed by atoms with Crippen molar-refractivity contribution in [1.82, 2.24) is 10.0 Å². The van der Waals surface area contributed by atoms with Crippen molar-refractivity contribution < 1.29 is 13.2 Å². The van der Waals surface area contributed by atoms with Crippen LogP contribution >= 0.6 is 12.4 Å². The summed E-state index contributed by atoms with van der Waals surface area (Å²) in [6.07, 6.45) is 7.41. The lowest BCUT2D eigenvalue weighted by Gasteiger charge is -2.26. The second-order valence-corrected chi connectivity index (χ2v) is 9.35. The summed E-state index contributed by atoms with van der Waals surface area (Å²) in [5.74, 6) is -0.220. The van der Waals surface area contributed by atoms with Gasteiger partial charge in [-0.1, -0.05) is 18.9 Å². The lowest BCUT2D eigenvalue weighted by Crippen LogP contribution is -2.40. The van der Waals surface area contributed by atoms with E-state index in [0.717, 1.165) is 51.4 Å². The highest BCUT2D eigenvalue weighted by atomic mass is 35.5. The third-order valence-corrected chi connectivity index (χ3v) is 7.19. The lowest BCUT2D eigenvalue weighted by atomic mass is 9.91. The van der Waals surface area contributed by atoms with Crippen molar-refractivity contribution in [3.05, 3.63) is 29.3 Å². The summed E-state index contributed by atoms with van der Waals surface area (Å²) in [6.45, 7) is 1.76. The molecule has 1 aromatic rings. The summed E-state index contributed by atoms with van der Waals surface area (Å²) in [5, 5.41) is 3.02. The summed E-state index contributed by atoms with van der Waals surface area (Å²) >= 11 is 0. The van der Waals surface area contributed by atoms with Crippen LogP contribution in [0.4, 0.5) is 0 Å². The maximum atomic E-state index is 12.8. The van der Waals surface area contributed by atoms with Gasteiger partial charge < -0.3 is 11.1 Å². The van der Waals surface area contributed by atoms with E-state index >= 15 is 0 Å². The number of nitrogens with two attached hydrogens (primary N) is 1. The van der Waals surface area contributed by atoms with Gasteiger partial charge in [-0.15, -0.1) is 12.4 Å². The van der Waals surface area contributed by atoms with Crippen LogP contribution in [0.1, 0.15) is 67.3 Å². The monoisotopic (exact) mass is 415 g/mol. The van der Waals surface area contributed by atoms with E-state index in [1.165, 1.54) is 6.07 Å². The van der Waals surface area contributed by atoms with E-state index in [9.17, 15) is 13.2 Å². The van der Waals surface area contributed by atoms with Gasteiger partial charge in [-0.2, -0.15) is 0 Å². The van der Waals surface area contributed by atoms with E-state index in [1.54, 1.807) is 19.1 Å². The molecule has 3 rings (SSSR count). The molecule has 2 fully saturated rings. The quantitative estimate of drug-likeness (QED) is 0.687. The Labute approximate surface area is 168 Å². The largest absolute Gasteiger partial charge is 0.349 e. The molecule has 1 amide bonds. The second kappa shape index (κ2) is 9.37. The van der Waals surface area contributed by atoms with Crippen molar-refractivity contribution in [3.8, 4) is 0 Å². The first-order valence-corrected chi connectivity index (χ1v) is 11.0. The van der Waals surface area contributed by atoms with Gasteiger partial charge in [-0.3, -0.25) is 4.79 Å². The molecule has 2 aliphatic rings. The topological polar surface area (TPSA) is 101 Å². The van der Waals surface area contributed by atoms with Crippen molar-refractivity contribution in [2.45, 2.75) is 81.3 Å². The lowest BCUT2D eigenvalue weighted by molar-refractivity contribution is 0.0925. The zero-order chi connectivity index (χ0) is 18.7. The first kappa shape index (κ1) is 22.1. The first-order chi connectivity index (χ1) is 12.3. The van der Waals surface area contributed by atoms with Gasteiger partial charge in [-0.25, -0.2) is 13.1 Å². The van der Waals surface area contributed by atoms with Crippen LogP contribution in [-0.4, -0.2) is 32.5 Å². The van der Waals surface area contributed by atoms with Gasteiger partial charge in [0.15, 0.2) is 0 Å². The molecule has 0 unspecified atom stereocenters. The number of amides is 1. The molecule has 4 N–H and O–H groups in total. The Kier molecular flexibility index (Phi) is 7.68. The highest BCUT2D eigenvalue weighted by molar-refractivity contribution is 7.89. The maximum absolute atomic E-state index is 12.8. The average Bonchev–Trinajstić information content (AvgIpc) is 3.09. The van der Waals surface area contributed by atoms with E-state index in [1.807, 2.05) is 0 Å². The Balaban J connectivity index is 0.00000261. The Morgan fingerprint density at radius 1 is 1.04 bits per heavy atom. The number of nitrogens with one attached hydrogen (secondary N) is 2. The molecule has 0 heterocycles. The van der Waals surface area contributed by atoms with Crippen LogP contribution in [-0.2, 0) is 10.0 Å². The average molecular weight is 416 g/mol. The summed E-state index contributed by atoms with van der Waals surface area (Å²) in [6, 6.07) is 5.23. The molecule has 0 aliphatic heterocycles. The molecule has 1 aromatic carbocycles. The Morgan fingerprint density at radius 2 is 1.67 bits per heavy atom. The van der Waals surface area contributed by atoms with Gasteiger partial charge in [0.25, 0.3) is 5.91 Å². The predicted octanol–water partition coefficient (Wildman–Crippen LogP) is 2.64. The van der Waals surface area contributed by atoms with Gasteiger partial charge >= 0.3 is 0 Å². The van der Waals surface area contributed by atoms with E-state index in [0.29, 0.717) is 11.1 Å². The SMILES string of the molecule is Cc1ccc(C(=O)NC2CCC(N)CC2)cc1S(=O)(=O)NC1CCCC1.Cl. The van der Waals surface area contributed by atoms with Crippen molar-refractivity contribution in [2.24, 2.45) is 5.73 Å². The molecule has 152 valence electrons. The van der Waals surface area contributed by atoms with E-state index in [4.69, 9.17) is 5.73 Å². The number of hydrogen-bond donors (Lipinski definition) is 3. The molecule has 27 heavy (non-hydrogen) atoms. The standard InChI is InChI=1S/C19H29N3O3S.ClH/c1-13-6-7-14(19(23)21-16-10-8-15(20)9-11-16)12-18(13)26(24,25)22-17-4-2-3-5-17;/h6-7,12,15-17,22H,2-5,8-11,20H2,1H3,(H,21,23);1H. The Bertz CT molecular complexity index is 755. The number of halogens is 1. The number of aryl methyl sites for hydroxylation is 1. The van der Waals surface area contributed by atoms with Gasteiger partial charge in [0.1, 0.15) is 0 Å². The minimum atomic E-state index is -3.62. The number of hydrogen-bond acceptors (Lipinski definition) is 4. The molecule has 8 heteroatoms. The summed E-state index contributed by atoms with van der Waals surface area (Å²) in [4.78, 5) is 12.8. The van der Waals surface area contributed by atoms with Gasteiger partial charge in [-0.05, 0) is 63.1 Å². The fourth-order valence-corrected chi connectivity index (χ4v) is 5.47. The van der Waals surface area contributed by atoms with Crippen LogP contribution in [0.25, 0.3) is 0 Å². The maximum Gasteiger partial charge on any atom is 0.251 e. The van der Waals surface area contributed by atoms with Crippen molar-refractivity contribution in [1.29, 1.82) is 0 Å². The number of carbonyl (C=O) groups is 1. The van der Waals surface area contributed by atoms with Crippen LogP contribution in [0.3, 0.4) is 0 Å². The molecule has 0 bridgehead atoms. The summed E-state index contributed by atoms with van der Waals surface area (Å²) < 4.78 is 28.3. The molecular formula is C19H30ClN3O3S. The number of carbonyl (C=O) groups excluding carboxylic acids is 1. The van der Waals surface area contributed by atoms with Crippen molar-refractivity contribution >= 4 is 28.3 Å². The zero-order valence-corrected chi connectivity index (χ0v) is 17.4. The molecule has 0 aromatic heterocycles. The highest BCUT2D eigenvalue weighted by Gasteiger charge is 2.26. The molecule has 6 nitrogen and oxygen atoms in total. The molecular weight excluding hydrogens is 386 g/mol. The number of benzene rings is 1.